The first-order valence-corrected chi connectivity index (χ1v) is 8.32. The molecular weight excluding hydrogens is 318 g/mol. The maximum Gasteiger partial charge on any atom is 0.133 e. The lowest BCUT2D eigenvalue weighted by molar-refractivity contribution is 0.101. The van der Waals surface area contributed by atoms with E-state index in [9.17, 15) is 5.11 Å². The van der Waals surface area contributed by atoms with Crippen molar-refractivity contribution in [3.05, 3.63) is 28.7 Å². The first-order chi connectivity index (χ1) is 9.74. The molecule has 4 heteroatoms. The van der Waals surface area contributed by atoms with Gasteiger partial charge in [0.1, 0.15) is 18.5 Å². The van der Waals surface area contributed by atoms with E-state index in [1.54, 1.807) is 0 Å². The quantitative estimate of drug-likeness (QED) is 0.765. The van der Waals surface area contributed by atoms with Crippen molar-refractivity contribution in [1.82, 2.24) is 5.32 Å². The number of hydrogen-bond acceptors (Lipinski definition) is 3. The molecule has 0 saturated heterocycles. The summed E-state index contributed by atoms with van der Waals surface area (Å²) in [6.45, 7) is 0.958. The molecule has 0 aliphatic heterocycles. The van der Waals surface area contributed by atoms with Crippen LogP contribution in [0.2, 0.25) is 0 Å². The minimum Gasteiger partial charge on any atom is -0.490 e. The second kappa shape index (κ2) is 6.46. The highest BCUT2D eigenvalue weighted by Crippen LogP contribution is 2.44. The van der Waals surface area contributed by atoms with Gasteiger partial charge in [0.2, 0.25) is 0 Å². The van der Waals surface area contributed by atoms with Crippen molar-refractivity contribution < 1.29 is 9.84 Å². The number of aliphatic hydroxyl groups is 1. The minimum absolute atomic E-state index is 0.331. The predicted molar refractivity (Wildman–Crippen MR) is 82.9 cm³/mol. The molecule has 1 aromatic rings. The van der Waals surface area contributed by atoms with E-state index >= 15 is 0 Å². The number of para-hydroxylation sites is 1. The number of aliphatic hydroxyl groups excluding tert-OH is 1. The molecule has 2 aliphatic carbocycles. The number of hydrogen-bond donors (Lipinski definition) is 2. The van der Waals surface area contributed by atoms with E-state index in [-0.39, 0.29) is 0 Å². The topological polar surface area (TPSA) is 41.5 Å². The summed E-state index contributed by atoms with van der Waals surface area (Å²) in [5.74, 6) is 2.50. The highest BCUT2D eigenvalue weighted by molar-refractivity contribution is 9.10. The molecule has 0 heterocycles. The van der Waals surface area contributed by atoms with Crippen LogP contribution in [0.4, 0.5) is 0 Å². The standard InChI is InChI=1S/C16H22BrNO2/c17-14-3-1-2-4-15(14)20-10-13(19)9-18-16(11-5-6-11)12-7-8-12/h1-4,11-13,16,18-19H,5-10H2. The average Bonchev–Trinajstić information content (AvgIpc) is 3.31. The number of benzene rings is 1. The number of halogens is 1. The van der Waals surface area contributed by atoms with Gasteiger partial charge in [-0.05, 0) is 65.6 Å². The van der Waals surface area contributed by atoms with Gasteiger partial charge in [-0.25, -0.2) is 0 Å². The first-order valence-electron chi connectivity index (χ1n) is 7.53. The Hall–Kier alpha value is -0.580. The smallest absolute Gasteiger partial charge is 0.133 e. The Morgan fingerprint density at radius 3 is 2.45 bits per heavy atom. The van der Waals surface area contributed by atoms with Gasteiger partial charge in [0, 0.05) is 12.6 Å². The van der Waals surface area contributed by atoms with Gasteiger partial charge in [0.05, 0.1) is 4.47 Å². The van der Waals surface area contributed by atoms with Gasteiger partial charge in [-0.15, -0.1) is 0 Å². The van der Waals surface area contributed by atoms with E-state index in [0.717, 1.165) is 22.1 Å². The van der Waals surface area contributed by atoms with Crippen LogP contribution in [0.1, 0.15) is 25.7 Å². The Morgan fingerprint density at radius 1 is 1.20 bits per heavy atom. The monoisotopic (exact) mass is 339 g/mol. The predicted octanol–water partition coefficient (Wildman–Crippen LogP) is 2.97. The zero-order chi connectivity index (χ0) is 13.9. The molecule has 1 unspecified atom stereocenters. The molecule has 3 nitrogen and oxygen atoms in total. The van der Waals surface area contributed by atoms with Crippen LogP contribution in [0.25, 0.3) is 0 Å². The van der Waals surface area contributed by atoms with Crippen LogP contribution in [0.5, 0.6) is 5.75 Å². The molecule has 1 aromatic carbocycles. The van der Waals surface area contributed by atoms with Crippen molar-refractivity contribution in [2.75, 3.05) is 13.2 Å². The molecule has 0 radical (unpaired) electrons. The van der Waals surface area contributed by atoms with Crippen molar-refractivity contribution in [2.24, 2.45) is 11.8 Å². The highest BCUT2D eigenvalue weighted by Gasteiger charge is 2.41. The van der Waals surface area contributed by atoms with Crippen molar-refractivity contribution >= 4 is 15.9 Å². The van der Waals surface area contributed by atoms with E-state index in [2.05, 4.69) is 21.2 Å². The zero-order valence-corrected chi connectivity index (χ0v) is 13.2. The Bertz CT molecular complexity index is 434. The summed E-state index contributed by atoms with van der Waals surface area (Å²) < 4.78 is 6.57. The zero-order valence-electron chi connectivity index (χ0n) is 11.6. The summed E-state index contributed by atoms with van der Waals surface area (Å²) in [6, 6.07) is 8.36. The molecule has 0 spiro atoms. The van der Waals surface area contributed by atoms with Crippen LogP contribution in [0, 0.1) is 11.8 Å². The maximum atomic E-state index is 10.1. The number of rotatable bonds is 8. The second-order valence-electron chi connectivity index (χ2n) is 6.00. The Morgan fingerprint density at radius 2 is 1.85 bits per heavy atom. The van der Waals surface area contributed by atoms with Crippen LogP contribution in [0.15, 0.2) is 28.7 Å². The molecule has 110 valence electrons. The summed E-state index contributed by atoms with van der Waals surface area (Å²) in [7, 11) is 0. The summed E-state index contributed by atoms with van der Waals surface area (Å²) in [5.41, 5.74) is 0. The number of ether oxygens (including phenoxy) is 1. The van der Waals surface area contributed by atoms with E-state index < -0.39 is 6.10 Å². The lowest BCUT2D eigenvalue weighted by Gasteiger charge is -2.20. The molecule has 1 atom stereocenters. The first kappa shape index (κ1) is 14.4. The van der Waals surface area contributed by atoms with Gasteiger partial charge >= 0.3 is 0 Å². The van der Waals surface area contributed by atoms with Crippen molar-refractivity contribution in [1.29, 1.82) is 0 Å². The Kier molecular flexibility index (Phi) is 4.64. The third kappa shape index (κ3) is 3.96. The molecule has 20 heavy (non-hydrogen) atoms. The molecule has 2 saturated carbocycles. The third-order valence-corrected chi connectivity index (χ3v) is 4.77. The summed E-state index contributed by atoms with van der Waals surface area (Å²) >= 11 is 3.44. The molecule has 0 bridgehead atoms. The van der Waals surface area contributed by atoms with Crippen molar-refractivity contribution in [3.63, 3.8) is 0 Å². The Balaban J connectivity index is 1.40. The lowest BCUT2D eigenvalue weighted by atomic mass is 10.1. The summed E-state index contributed by atoms with van der Waals surface area (Å²) in [4.78, 5) is 0. The maximum absolute atomic E-state index is 10.1. The van der Waals surface area contributed by atoms with Gasteiger partial charge in [-0.2, -0.15) is 0 Å². The SMILES string of the molecule is OC(CNC(C1CC1)C1CC1)COc1ccccc1Br. The van der Waals surface area contributed by atoms with Crippen LogP contribution >= 0.6 is 15.9 Å². The fourth-order valence-electron chi connectivity index (χ4n) is 2.71. The minimum atomic E-state index is -0.456. The van der Waals surface area contributed by atoms with Gasteiger partial charge < -0.3 is 15.2 Å². The van der Waals surface area contributed by atoms with E-state index in [4.69, 9.17) is 4.74 Å². The van der Waals surface area contributed by atoms with Gasteiger partial charge in [0.25, 0.3) is 0 Å². The number of nitrogens with one attached hydrogen (secondary N) is 1. The van der Waals surface area contributed by atoms with Crippen LogP contribution in [0.3, 0.4) is 0 Å². The van der Waals surface area contributed by atoms with E-state index in [1.807, 2.05) is 24.3 Å². The summed E-state index contributed by atoms with van der Waals surface area (Å²) in [6.07, 6.45) is 4.98. The molecular formula is C16H22BrNO2. The highest BCUT2D eigenvalue weighted by atomic mass is 79.9. The van der Waals surface area contributed by atoms with Gasteiger partial charge in [-0.3, -0.25) is 0 Å². The van der Waals surface area contributed by atoms with Crippen LogP contribution in [-0.2, 0) is 0 Å². The molecule has 0 amide bonds. The van der Waals surface area contributed by atoms with Gasteiger partial charge in [-0.1, -0.05) is 12.1 Å². The average molecular weight is 340 g/mol. The van der Waals surface area contributed by atoms with Crippen LogP contribution < -0.4 is 10.1 Å². The van der Waals surface area contributed by atoms with E-state index in [1.165, 1.54) is 25.7 Å². The fourth-order valence-corrected chi connectivity index (χ4v) is 3.11. The third-order valence-electron chi connectivity index (χ3n) is 4.12. The Labute approximate surface area is 128 Å². The summed E-state index contributed by atoms with van der Waals surface area (Å²) in [5, 5.41) is 13.6. The van der Waals surface area contributed by atoms with Crippen molar-refractivity contribution in [2.45, 2.75) is 37.8 Å². The molecule has 3 rings (SSSR count). The normalized spacial score (nSPS) is 20.1. The molecule has 2 aliphatic rings. The molecule has 0 aromatic heterocycles. The van der Waals surface area contributed by atoms with Gasteiger partial charge in [0.15, 0.2) is 0 Å². The van der Waals surface area contributed by atoms with Crippen molar-refractivity contribution in [3.8, 4) is 5.75 Å². The fraction of sp³-hybridized carbons (Fsp3) is 0.625. The molecule has 2 N–H and O–H groups in total. The van der Waals surface area contributed by atoms with E-state index in [0.29, 0.717) is 19.2 Å². The molecule has 2 fully saturated rings. The lowest BCUT2D eigenvalue weighted by Crippen LogP contribution is -2.40. The largest absolute Gasteiger partial charge is 0.490 e. The van der Waals surface area contributed by atoms with Crippen LogP contribution in [-0.4, -0.2) is 30.4 Å². The second-order valence-corrected chi connectivity index (χ2v) is 6.86.